The van der Waals surface area contributed by atoms with Crippen molar-refractivity contribution in [2.24, 2.45) is 0 Å². The van der Waals surface area contributed by atoms with E-state index in [0.29, 0.717) is 5.56 Å². The Morgan fingerprint density at radius 3 is 2.54 bits per heavy atom. The molecule has 5 heteroatoms. The monoisotopic (exact) mass is 434 g/mol. The molecule has 0 radical (unpaired) electrons. The molecule has 4 rings (SSSR count). The number of hydrogen-bond donors (Lipinski definition) is 1. The number of fused-ring (bicyclic) bond motifs is 1. The lowest BCUT2D eigenvalue weighted by molar-refractivity contribution is -0.117. The molecule has 1 atom stereocenters. The van der Waals surface area contributed by atoms with E-state index in [1.54, 1.807) is 17.0 Å². The van der Waals surface area contributed by atoms with Crippen molar-refractivity contribution in [1.82, 2.24) is 4.90 Å². The molecule has 0 aliphatic carbocycles. The van der Waals surface area contributed by atoms with E-state index in [1.165, 1.54) is 0 Å². The molecule has 2 amide bonds. The van der Waals surface area contributed by atoms with Crippen LogP contribution in [0.25, 0.3) is 0 Å². The zero-order chi connectivity index (χ0) is 19.7. The summed E-state index contributed by atoms with van der Waals surface area (Å²) in [5, 5.41) is 2.94. The molecule has 0 saturated carbocycles. The second-order valence-corrected chi connectivity index (χ2v) is 7.81. The second-order valence-electron chi connectivity index (χ2n) is 6.89. The summed E-state index contributed by atoms with van der Waals surface area (Å²) in [6.45, 7) is 2.01. The van der Waals surface area contributed by atoms with Gasteiger partial charge in [0.2, 0.25) is 5.91 Å². The molecular formula is C23H19BrN2O2. The topological polar surface area (TPSA) is 49.4 Å². The summed E-state index contributed by atoms with van der Waals surface area (Å²) in [6.07, 6.45) is 0. The zero-order valence-electron chi connectivity index (χ0n) is 15.4. The van der Waals surface area contributed by atoms with Crippen molar-refractivity contribution >= 4 is 33.4 Å². The van der Waals surface area contributed by atoms with E-state index in [0.717, 1.165) is 26.9 Å². The summed E-state index contributed by atoms with van der Waals surface area (Å²) < 4.78 is 0.824. The fraction of sp³-hybridized carbons (Fsp3) is 0.130. The van der Waals surface area contributed by atoms with E-state index in [9.17, 15) is 9.59 Å². The Morgan fingerprint density at radius 1 is 1.04 bits per heavy atom. The van der Waals surface area contributed by atoms with Crippen molar-refractivity contribution in [3.63, 3.8) is 0 Å². The largest absolute Gasteiger partial charge is 0.324 e. The smallest absolute Gasteiger partial charge is 0.255 e. The number of nitrogens with one attached hydrogen (secondary N) is 1. The van der Waals surface area contributed by atoms with E-state index in [4.69, 9.17) is 0 Å². The van der Waals surface area contributed by atoms with Gasteiger partial charge in [0.1, 0.15) is 6.54 Å². The molecule has 0 fully saturated rings. The number of carbonyl (C=O) groups is 2. The molecule has 140 valence electrons. The van der Waals surface area contributed by atoms with Gasteiger partial charge in [-0.05, 0) is 36.8 Å². The molecule has 0 saturated heterocycles. The summed E-state index contributed by atoms with van der Waals surface area (Å²) >= 11 is 3.43. The van der Waals surface area contributed by atoms with Gasteiger partial charge in [0.15, 0.2) is 0 Å². The Bertz CT molecular complexity index is 1050. The van der Waals surface area contributed by atoms with Crippen LogP contribution in [0.4, 0.5) is 5.69 Å². The van der Waals surface area contributed by atoms with Crippen LogP contribution in [0.1, 0.15) is 33.1 Å². The SMILES string of the molecule is Cc1ccc([C@@H]2c3ccccc3NC(=O)CN2C(=O)c2cccc(Br)c2)cc1. The molecule has 0 bridgehead atoms. The Hall–Kier alpha value is -2.92. The van der Waals surface area contributed by atoms with Crippen molar-refractivity contribution in [2.75, 3.05) is 11.9 Å². The fourth-order valence-electron chi connectivity index (χ4n) is 3.54. The van der Waals surface area contributed by atoms with Gasteiger partial charge in [-0.2, -0.15) is 0 Å². The molecule has 3 aromatic rings. The first kappa shape index (κ1) is 18.4. The minimum atomic E-state index is -0.359. The van der Waals surface area contributed by atoms with Gasteiger partial charge in [0.25, 0.3) is 5.91 Å². The molecule has 1 N–H and O–H groups in total. The number of rotatable bonds is 2. The summed E-state index contributed by atoms with van der Waals surface area (Å²) in [4.78, 5) is 27.7. The third-order valence-corrected chi connectivity index (χ3v) is 5.37. The van der Waals surface area contributed by atoms with Crippen LogP contribution >= 0.6 is 15.9 Å². The molecule has 1 heterocycles. The van der Waals surface area contributed by atoms with E-state index in [2.05, 4.69) is 21.2 Å². The van der Waals surface area contributed by atoms with Crippen LogP contribution < -0.4 is 5.32 Å². The molecule has 0 unspecified atom stereocenters. The lowest BCUT2D eigenvalue weighted by Gasteiger charge is -2.30. The summed E-state index contributed by atoms with van der Waals surface area (Å²) in [6, 6.07) is 22.6. The average Bonchev–Trinajstić information content (AvgIpc) is 2.84. The highest BCUT2D eigenvalue weighted by Crippen LogP contribution is 2.36. The van der Waals surface area contributed by atoms with Gasteiger partial charge in [-0.25, -0.2) is 0 Å². The normalized spacial score (nSPS) is 16.1. The first-order valence-electron chi connectivity index (χ1n) is 9.05. The highest BCUT2D eigenvalue weighted by Gasteiger charge is 2.33. The van der Waals surface area contributed by atoms with Crippen molar-refractivity contribution in [3.8, 4) is 0 Å². The molecule has 1 aliphatic heterocycles. The number of anilines is 1. The Labute approximate surface area is 172 Å². The predicted molar refractivity (Wildman–Crippen MR) is 113 cm³/mol. The third-order valence-electron chi connectivity index (χ3n) is 4.88. The van der Waals surface area contributed by atoms with Gasteiger partial charge in [0, 0.05) is 21.3 Å². The molecule has 0 aromatic heterocycles. The van der Waals surface area contributed by atoms with Crippen LogP contribution in [0.2, 0.25) is 0 Å². The first-order valence-corrected chi connectivity index (χ1v) is 9.84. The van der Waals surface area contributed by atoms with Crippen LogP contribution in [0.3, 0.4) is 0 Å². The molecule has 28 heavy (non-hydrogen) atoms. The highest BCUT2D eigenvalue weighted by molar-refractivity contribution is 9.10. The van der Waals surface area contributed by atoms with Crippen molar-refractivity contribution in [1.29, 1.82) is 0 Å². The van der Waals surface area contributed by atoms with E-state index in [1.807, 2.05) is 67.6 Å². The number of para-hydroxylation sites is 1. The number of nitrogens with zero attached hydrogens (tertiary/aromatic N) is 1. The van der Waals surface area contributed by atoms with Gasteiger partial charge in [-0.3, -0.25) is 9.59 Å². The van der Waals surface area contributed by atoms with Gasteiger partial charge in [-0.15, -0.1) is 0 Å². The van der Waals surface area contributed by atoms with E-state index in [-0.39, 0.29) is 24.4 Å². The quantitative estimate of drug-likeness (QED) is 0.620. The number of halogens is 1. The maximum atomic E-state index is 13.4. The van der Waals surface area contributed by atoms with Crippen molar-refractivity contribution < 1.29 is 9.59 Å². The third kappa shape index (κ3) is 3.58. The first-order chi connectivity index (χ1) is 13.5. The van der Waals surface area contributed by atoms with Gasteiger partial charge in [-0.1, -0.05) is 70.0 Å². The van der Waals surface area contributed by atoms with Crippen LogP contribution in [0.5, 0.6) is 0 Å². The fourth-order valence-corrected chi connectivity index (χ4v) is 3.94. The number of carbonyl (C=O) groups excluding carboxylic acids is 2. The standard InChI is InChI=1S/C23H19BrN2O2/c1-15-9-11-16(12-10-15)22-19-7-2-3-8-20(19)25-21(27)14-26(22)23(28)17-5-4-6-18(24)13-17/h2-13,22H,14H2,1H3,(H,25,27)/t22-/m1/s1. The number of amides is 2. The Kier molecular flexibility index (Phi) is 5.01. The summed E-state index contributed by atoms with van der Waals surface area (Å²) in [5.74, 6) is -0.385. The van der Waals surface area contributed by atoms with Crippen molar-refractivity contribution in [2.45, 2.75) is 13.0 Å². The van der Waals surface area contributed by atoms with Crippen LogP contribution in [-0.2, 0) is 4.79 Å². The van der Waals surface area contributed by atoms with Crippen LogP contribution in [0, 0.1) is 6.92 Å². The lowest BCUT2D eigenvalue weighted by Crippen LogP contribution is -2.39. The number of aryl methyl sites for hydroxylation is 1. The maximum absolute atomic E-state index is 13.4. The van der Waals surface area contributed by atoms with Crippen molar-refractivity contribution in [3.05, 3.63) is 99.5 Å². The maximum Gasteiger partial charge on any atom is 0.255 e. The molecule has 3 aromatic carbocycles. The average molecular weight is 435 g/mol. The zero-order valence-corrected chi connectivity index (χ0v) is 16.9. The van der Waals surface area contributed by atoms with E-state index >= 15 is 0 Å². The number of benzene rings is 3. The molecule has 4 nitrogen and oxygen atoms in total. The van der Waals surface area contributed by atoms with Crippen LogP contribution in [-0.4, -0.2) is 23.3 Å². The molecule has 0 spiro atoms. The summed E-state index contributed by atoms with van der Waals surface area (Å²) in [5.41, 5.74) is 4.30. The predicted octanol–water partition coefficient (Wildman–Crippen LogP) is 4.94. The Balaban J connectivity index is 1.87. The van der Waals surface area contributed by atoms with Crippen LogP contribution in [0.15, 0.2) is 77.3 Å². The lowest BCUT2D eigenvalue weighted by atomic mass is 9.94. The van der Waals surface area contributed by atoms with Gasteiger partial charge < -0.3 is 10.2 Å². The highest BCUT2D eigenvalue weighted by atomic mass is 79.9. The summed E-state index contributed by atoms with van der Waals surface area (Å²) in [7, 11) is 0. The molecular weight excluding hydrogens is 416 g/mol. The van der Waals surface area contributed by atoms with E-state index < -0.39 is 0 Å². The molecule has 1 aliphatic rings. The Morgan fingerprint density at radius 2 is 1.79 bits per heavy atom. The minimum Gasteiger partial charge on any atom is -0.324 e. The van der Waals surface area contributed by atoms with Gasteiger partial charge in [0.05, 0.1) is 6.04 Å². The second kappa shape index (κ2) is 7.60. The number of hydrogen-bond acceptors (Lipinski definition) is 2. The van der Waals surface area contributed by atoms with Gasteiger partial charge >= 0.3 is 0 Å². The minimum absolute atomic E-state index is 0.0153.